The maximum atomic E-state index is 9.25. The van der Waals surface area contributed by atoms with Gasteiger partial charge in [0.2, 0.25) is 0 Å². The third-order valence-electron chi connectivity index (χ3n) is 3.05. The Kier molecular flexibility index (Phi) is 4.23. The van der Waals surface area contributed by atoms with Crippen LogP contribution in [0, 0.1) is 5.92 Å². The van der Waals surface area contributed by atoms with Crippen LogP contribution < -0.4 is 5.73 Å². The smallest absolute Gasteiger partial charge is 0.304 e. The highest BCUT2D eigenvalue weighted by Gasteiger charge is 2.40. The number of hydrogen-bond donors (Lipinski definition) is 3. The number of allylic oxidation sites excluding steroid dienone is 3. The summed E-state index contributed by atoms with van der Waals surface area (Å²) in [5.41, 5.74) is 5.62. The van der Waals surface area contributed by atoms with Crippen molar-refractivity contribution in [3.8, 4) is 0 Å². The number of rotatable bonds is 5. The molecule has 5 nitrogen and oxygen atoms in total. The van der Waals surface area contributed by atoms with E-state index < -0.39 is 6.10 Å². The van der Waals surface area contributed by atoms with E-state index in [0.717, 1.165) is 5.76 Å². The molecule has 93 valence electrons. The van der Waals surface area contributed by atoms with Crippen LogP contribution in [0.4, 0.5) is 0 Å². The predicted octanol–water partition coefficient (Wildman–Crippen LogP) is -0.809. The standard InChI is InChI=1S/C11H17BNO4/c13-4-10-8-2-1-3-9(11(8)12-17-10)16-6-7(15)5-14/h1-3,7-8,10-11,14-15H,4-6,13H2. The normalized spacial score (nSPS) is 32.6. The summed E-state index contributed by atoms with van der Waals surface area (Å²) in [6.07, 6.45) is 4.96. The van der Waals surface area contributed by atoms with E-state index in [9.17, 15) is 5.11 Å². The van der Waals surface area contributed by atoms with Crippen LogP contribution in [0.25, 0.3) is 0 Å². The minimum Gasteiger partial charge on any atom is -0.495 e. The molecule has 2 rings (SSSR count). The van der Waals surface area contributed by atoms with Crippen LogP contribution in [0.5, 0.6) is 0 Å². The summed E-state index contributed by atoms with van der Waals surface area (Å²) in [5.74, 6) is 1.01. The van der Waals surface area contributed by atoms with Gasteiger partial charge in [0.15, 0.2) is 0 Å². The van der Waals surface area contributed by atoms with E-state index in [-0.39, 0.29) is 31.1 Å². The molecule has 4 atom stereocenters. The number of ether oxygens (including phenoxy) is 1. The first-order chi connectivity index (χ1) is 8.26. The lowest BCUT2D eigenvalue weighted by molar-refractivity contribution is 0.0271. The van der Waals surface area contributed by atoms with Gasteiger partial charge in [-0.05, 0) is 6.08 Å². The fourth-order valence-corrected chi connectivity index (χ4v) is 2.09. The van der Waals surface area contributed by atoms with Crippen molar-refractivity contribution < 1.29 is 19.6 Å². The molecule has 6 heteroatoms. The average Bonchev–Trinajstić information content (AvgIpc) is 2.79. The van der Waals surface area contributed by atoms with E-state index in [2.05, 4.69) is 6.08 Å². The van der Waals surface area contributed by atoms with Crippen LogP contribution in [-0.2, 0) is 9.39 Å². The first-order valence-electron chi connectivity index (χ1n) is 5.75. The van der Waals surface area contributed by atoms with E-state index >= 15 is 0 Å². The highest BCUT2D eigenvalue weighted by atomic mass is 16.5. The molecule has 1 aliphatic heterocycles. The molecule has 1 saturated heterocycles. The summed E-state index contributed by atoms with van der Waals surface area (Å²) < 4.78 is 11.0. The van der Waals surface area contributed by atoms with Gasteiger partial charge in [-0.15, -0.1) is 0 Å². The number of aliphatic hydroxyl groups excluding tert-OH is 2. The van der Waals surface area contributed by atoms with Crippen LogP contribution in [-0.4, -0.2) is 49.7 Å². The Morgan fingerprint density at radius 1 is 1.59 bits per heavy atom. The zero-order chi connectivity index (χ0) is 12.3. The largest absolute Gasteiger partial charge is 0.495 e. The Hall–Kier alpha value is -0.815. The Morgan fingerprint density at radius 3 is 3.12 bits per heavy atom. The van der Waals surface area contributed by atoms with Gasteiger partial charge in [0.05, 0.1) is 18.5 Å². The fraction of sp³-hybridized carbons (Fsp3) is 0.636. The zero-order valence-corrected chi connectivity index (χ0v) is 9.53. The van der Waals surface area contributed by atoms with Crippen molar-refractivity contribution in [1.29, 1.82) is 0 Å². The van der Waals surface area contributed by atoms with Crippen molar-refractivity contribution in [2.45, 2.75) is 18.0 Å². The first-order valence-corrected chi connectivity index (χ1v) is 5.75. The maximum absolute atomic E-state index is 9.25. The minimum absolute atomic E-state index is 0.00804. The van der Waals surface area contributed by atoms with E-state index in [4.69, 9.17) is 20.2 Å². The number of nitrogens with two attached hydrogens (primary N) is 1. The highest BCUT2D eigenvalue weighted by Crippen LogP contribution is 2.39. The second-order valence-electron chi connectivity index (χ2n) is 4.25. The molecule has 1 radical (unpaired) electrons. The van der Waals surface area contributed by atoms with Crippen molar-refractivity contribution in [3.63, 3.8) is 0 Å². The lowest BCUT2D eigenvalue weighted by Gasteiger charge is -2.25. The van der Waals surface area contributed by atoms with Crippen LogP contribution in [0.1, 0.15) is 0 Å². The fourth-order valence-electron chi connectivity index (χ4n) is 2.09. The van der Waals surface area contributed by atoms with E-state index in [0.29, 0.717) is 6.54 Å². The van der Waals surface area contributed by atoms with E-state index in [1.165, 1.54) is 0 Å². The molecule has 4 unspecified atom stereocenters. The second kappa shape index (κ2) is 5.68. The van der Waals surface area contributed by atoms with Crippen molar-refractivity contribution in [2.75, 3.05) is 19.8 Å². The van der Waals surface area contributed by atoms with Gasteiger partial charge in [0, 0.05) is 18.3 Å². The summed E-state index contributed by atoms with van der Waals surface area (Å²) in [5, 5.41) is 18.0. The van der Waals surface area contributed by atoms with Gasteiger partial charge in [0.25, 0.3) is 0 Å². The summed E-state index contributed by atoms with van der Waals surface area (Å²) >= 11 is 0. The Bertz CT molecular complexity index is 321. The Labute approximate surface area is 101 Å². The molecule has 0 saturated carbocycles. The molecule has 0 aromatic heterocycles. The van der Waals surface area contributed by atoms with Gasteiger partial charge in [-0.3, -0.25) is 0 Å². The van der Waals surface area contributed by atoms with Gasteiger partial charge < -0.3 is 25.3 Å². The number of fused-ring (bicyclic) bond motifs is 1. The quantitative estimate of drug-likeness (QED) is 0.545. The van der Waals surface area contributed by atoms with E-state index in [1.54, 1.807) is 7.48 Å². The third-order valence-corrected chi connectivity index (χ3v) is 3.05. The van der Waals surface area contributed by atoms with Crippen LogP contribution >= 0.6 is 0 Å². The zero-order valence-electron chi connectivity index (χ0n) is 9.53. The molecule has 17 heavy (non-hydrogen) atoms. The summed E-state index contributed by atoms with van der Waals surface area (Å²) in [7, 11) is 1.74. The van der Waals surface area contributed by atoms with Crippen molar-refractivity contribution in [1.82, 2.24) is 0 Å². The lowest BCUT2D eigenvalue weighted by atomic mass is 9.70. The number of hydrogen-bond acceptors (Lipinski definition) is 5. The maximum Gasteiger partial charge on any atom is 0.304 e. The molecule has 0 aromatic rings. The van der Waals surface area contributed by atoms with Crippen molar-refractivity contribution >= 4 is 7.48 Å². The molecule has 2 aliphatic rings. The molecule has 0 amide bonds. The molecule has 4 N–H and O–H groups in total. The molecule has 1 fully saturated rings. The highest BCUT2D eigenvalue weighted by molar-refractivity contribution is 6.32. The van der Waals surface area contributed by atoms with Crippen LogP contribution in [0.15, 0.2) is 24.0 Å². The SMILES string of the molecule is NCC1O[B]C2C(OCC(O)CO)=CC=CC12. The topological polar surface area (TPSA) is 84.9 Å². The van der Waals surface area contributed by atoms with Gasteiger partial charge in [-0.25, -0.2) is 0 Å². The molecule has 0 bridgehead atoms. The lowest BCUT2D eigenvalue weighted by Crippen LogP contribution is -2.27. The Morgan fingerprint density at radius 2 is 2.41 bits per heavy atom. The molecule has 0 spiro atoms. The number of aliphatic hydroxyl groups is 2. The first kappa shape index (κ1) is 12.6. The molecular formula is C11H17BNO4. The molecule has 1 heterocycles. The predicted molar refractivity (Wildman–Crippen MR) is 63.2 cm³/mol. The molecule has 1 aliphatic carbocycles. The minimum atomic E-state index is -0.854. The average molecular weight is 238 g/mol. The summed E-state index contributed by atoms with van der Waals surface area (Å²) in [4.78, 5) is 0. The van der Waals surface area contributed by atoms with Crippen molar-refractivity contribution in [2.24, 2.45) is 11.7 Å². The monoisotopic (exact) mass is 238 g/mol. The molecular weight excluding hydrogens is 221 g/mol. The summed E-state index contributed by atoms with van der Waals surface area (Å²) in [6.45, 7) is 0.248. The van der Waals surface area contributed by atoms with Gasteiger partial charge in [-0.1, -0.05) is 12.2 Å². The van der Waals surface area contributed by atoms with Gasteiger partial charge in [0.1, 0.15) is 12.7 Å². The van der Waals surface area contributed by atoms with E-state index in [1.807, 2.05) is 12.2 Å². The Balaban J connectivity index is 1.95. The van der Waals surface area contributed by atoms with Crippen LogP contribution in [0.3, 0.4) is 0 Å². The van der Waals surface area contributed by atoms with Gasteiger partial charge in [-0.2, -0.15) is 0 Å². The van der Waals surface area contributed by atoms with Crippen molar-refractivity contribution in [3.05, 3.63) is 24.0 Å². The van der Waals surface area contributed by atoms with Gasteiger partial charge >= 0.3 is 7.48 Å². The summed E-state index contributed by atoms with van der Waals surface area (Å²) in [6, 6.07) is 0. The van der Waals surface area contributed by atoms with Crippen LogP contribution in [0.2, 0.25) is 5.82 Å². The second-order valence-corrected chi connectivity index (χ2v) is 4.25. The third kappa shape index (κ3) is 2.71. The molecule has 0 aromatic carbocycles.